The molecule has 0 unspecified atom stereocenters. The van der Waals surface area contributed by atoms with Crippen LogP contribution in [0.25, 0.3) is 0 Å². The molecule has 1 aromatic carbocycles. The monoisotopic (exact) mass is 466 g/mol. The molecule has 2 heterocycles. The molecule has 0 bridgehead atoms. The molecular formula is C21H27FN4O5S. The van der Waals surface area contributed by atoms with Crippen molar-refractivity contribution < 1.29 is 26.8 Å². The van der Waals surface area contributed by atoms with Gasteiger partial charge in [0, 0.05) is 18.7 Å². The number of amides is 2. The highest BCUT2D eigenvalue weighted by atomic mass is 32.2. The van der Waals surface area contributed by atoms with E-state index in [1.54, 1.807) is 6.07 Å². The lowest BCUT2D eigenvalue weighted by Crippen LogP contribution is -2.41. The summed E-state index contributed by atoms with van der Waals surface area (Å²) in [5.41, 5.74) is 4.31. The van der Waals surface area contributed by atoms with Crippen LogP contribution in [0.15, 0.2) is 39.6 Å². The predicted molar refractivity (Wildman–Crippen MR) is 115 cm³/mol. The maximum atomic E-state index is 14.2. The van der Waals surface area contributed by atoms with Crippen molar-refractivity contribution in [2.75, 3.05) is 26.2 Å². The summed E-state index contributed by atoms with van der Waals surface area (Å²) in [4.78, 5) is 26.3. The van der Waals surface area contributed by atoms with E-state index in [-0.39, 0.29) is 11.3 Å². The van der Waals surface area contributed by atoms with Crippen molar-refractivity contribution in [3.63, 3.8) is 0 Å². The molecule has 3 rings (SSSR count). The number of halogens is 1. The van der Waals surface area contributed by atoms with Crippen molar-refractivity contribution in [3.8, 4) is 0 Å². The number of hydrogen-bond donors (Lipinski definition) is 2. The van der Waals surface area contributed by atoms with Gasteiger partial charge in [-0.25, -0.2) is 12.8 Å². The molecule has 0 spiro atoms. The van der Waals surface area contributed by atoms with Crippen LogP contribution in [0.1, 0.15) is 53.4 Å². The Balaban J connectivity index is 1.65. The third-order valence-corrected chi connectivity index (χ3v) is 7.24. The summed E-state index contributed by atoms with van der Waals surface area (Å²) in [7, 11) is -4.04. The molecule has 0 saturated carbocycles. The second kappa shape index (κ2) is 10.2. The zero-order valence-electron chi connectivity index (χ0n) is 18.1. The molecule has 32 heavy (non-hydrogen) atoms. The zero-order valence-corrected chi connectivity index (χ0v) is 18.9. The van der Waals surface area contributed by atoms with Crippen LogP contribution in [-0.2, 0) is 16.6 Å². The number of hydrazine groups is 1. The van der Waals surface area contributed by atoms with Crippen LogP contribution in [0.2, 0.25) is 0 Å². The SMILES string of the molecule is CCN(CC)Cc1ccc(C(=O)NNC(=O)c2ccc(F)c(S(=O)(=O)N3CCCC3)c2)o1. The molecule has 2 amide bonds. The van der Waals surface area contributed by atoms with Gasteiger partial charge < -0.3 is 4.42 Å². The van der Waals surface area contributed by atoms with E-state index in [1.807, 2.05) is 13.8 Å². The lowest BCUT2D eigenvalue weighted by atomic mass is 10.2. The van der Waals surface area contributed by atoms with Crippen molar-refractivity contribution in [1.82, 2.24) is 20.1 Å². The highest BCUT2D eigenvalue weighted by Crippen LogP contribution is 2.24. The summed E-state index contributed by atoms with van der Waals surface area (Å²) >= 11 is 0. The normalized spacial score (nSPS) is 14.6. The fraction of sp³-hybridized carbons (Fsp3) is 0.429. The van der Waals surface area contributed by atoms with E-state index in [0.717, 1.165) is 31.3 Å². The van der Waals surface area contributed by atoms with Gasteiger partial charge in [0.25, 0.3) is 5.91 Å². The number of carbonyl (C=O) groups is 2. The van der Waals surface area contributed by atoms with Crippen LogP contribution >= 0.6 is 0 Å². The molecule has 0 atom stereocenters. The predicted octanol–water partition coefficient (Wildman–Crippen LogP) is 2.12. The lowest BCUT2D eigenvalue weighted by molar-refractivity contribution is 0.0828. The molecule has 2 N–H and O–H groups in total. The molecule has 0 radical (unpaired) electrons. The minimum Gasteiger partial charge on any atom is -0.454 e. The average molecular weight is 467 g/mol. The van der Waals surface area contributed by atoms with Gasteiger partial charge in [-0.1, -0.05) is 13.8 Å². The Morgan fingerprint density at radius 2 is 1.72 bits per heavy atom. The van der Waals surface area contributed by atoms with E-state index in [1.165, 1.54) is 10.4 Å². The Kier molecular flexibility index (Phi) is 7.64. The largest absolute Gasteiger partial charge is 0.454 e. The first kappa shape index (κ1) is 23.9. The summed E-state index contributed by atoms with van der Waals surface area (Å²) in [6.07, 6.45) is 1.41. The number of benzene rings is 1. The van der Waals surface area contributed by atoms with Crippen molar-refractivity contribution in [1.29, 1.82) is 0 Å². The summed E-state index contributed by atoms with van der Waals surface area (Å²) in [6, 6.07) is 6.23. The standard InChI is InChI=1S/C21H27FN4O5S/c1-3-25(4-2)14-16-8-10-18(31-16)21(28)24-23-20(27)15-7-9-17(22)19(13-15)32(29,30)26-11-5-6-12-26/h7-10,13H,3-6,11-12,14H2,1-2H3,(H,23,27)(H,24,28). The van der Waals surface area contributed by atoms with E-state index < -0.39 is 32.6 Å². The van der Waals surface area contributed by atoms with Gasteiger partial charge in [-0.05, 0) is 56.3 Å². The Hall–Kier alpha value is -2.76. The molecular weight excluding hydrogens is 439 g/mol. The van der Waals surface area contributed by atoms with E-state index in [0.29, 0.717) is 38.2 Å². The van der Waals surface area contributed by atoms with Gasteiger partial charge >= 0.3 is 5.91 Å². The van der Waals surface area contributed by atoms with Gasteiger partial charge in [0.05, 0.1) is 6.54 Å². The Morgan fingerprint density at radius 1 is 1.06 bits per heavy atom. The van der Waals surface area contributed by atoms with E-state index >= 15 is 0 Å². The van der Waals surface area contributed by atoms with Gasteiger partial charge in [-0.15, -0.1) is 0 Å². The number of carbonyl (C=O) groups excluding carboxylic acids is 2. The highest BCUT2D eigenvalue weighted by molar-refractivity contribution is 7.89. The van der Waals surface area contributed by atoms with Crippen LogP contribution in [0.5, 0.6) is 0 Å². The molecule has 1 saturated heterocycles. The Bertz CT molecular complexity index is 1080. The van der Waals surface area contributed by atoms with Crippen LogP contribution in [-0.4, -0.2) is 55.6 Å². The zero-order chi connectivity index (χ0) is 23.3. The van der Waals surface area contributed by atoms with Gasteiger partial charge in [0.2, 0.25) is 10.0 Å². The van der Waals surface area contributed by atoms with Crippen molar-refractivity contribution in [2.24, 2.45) is 0 Å². The number of nitrogens with one attached hydrogen (secondary N) is 2. The Labute approximate surface area is 186 Å². The van der Waals surface area contributed by atoms with E-state index in [2.05, 4.69) is 15.8 Å². The molecule has 174 valence electrons. The molecule has 1 fully saturated rings. The van der Waals surface area contributed by atoms with Crippen molar-refractivity contribution in [2.45, 2.75) is 38.1 Å². The van der Waals surface area contributed by atoms with Crippen LogP contribution in [0.4, 0.5) is 4.39 Å². The first-order valence-electron chi connectivity index (χ1n) is 10.5. The molecule has 2 aromatic rings. The number of furan rings is 1. The molecule has 1 aliphatic rings. The third kappa shape index (κ3) is 5.34. The van der Waals surface area contributed by atoms with Gasteiger partial charge in [0.1, 0.15) is 16.5 Å². The molecule has 9 nitrogen and oxygen atoms in total. The molecule has 1 aliphatic heterocycles. The quantitative estimate of drug-likeness (QED) is 0.577. The van der Waals surface area contributed by atoms with Crippen LogP contribution in [0.3, 0.4) is 0 Å². The number of sulfonamides is 1. The summed E-state index contributed by atoms with van der Waals surface area (Å²) in [5, 5.41) is 0. The average Bonchev–Trinajstić information content (AvgIpc) is 3.48. The van der Waals surface area contributed by atoms with Crippen LogP contribution in [0, 0.1) is 5.82 Å². The van der Waals surface area contributed by atoms with Gasteiger partial charge in [-0.3, -0.25) is 25.3 Å². The number of rotatable bonds is 8. The van der Waals surface area contributed by atoms with Crippen LogP contribution < -0.4 is 10.9 Å². The number of hydrogen-bond acceptors (Lipinski definition) is 6. The fourth-order valence-corrected chi connectivity index (χ4v) is 5.02. The first-order chi connectivity index (χ1) is 15.3. The number of nitrogens with zero attached hydrogens (tertiary/aromatic N) is 2. The second-order valence-corrected chi connectivity index (χ2v) is 9.30. The molecule has 1 aromatic heterocycles. The topological polar surface area (TPSA) is 112 Å². The van der Waals surface area contributed by atoms with E-state index in [9.17, 15) is 22.4 Å². The summed E-state index contributed by atoms with van der Waals surface area (Å²) in [6.45, 7) is 6.89. The summed E-state index contributed by atoms with van der Waals surface area (Å²) < 4.78 is 46.3. The maximum Gasteiger partial charge on any atom is 0.305 e. The summed E-state index contributed by atoms with van der Waals surface area (Å²) in [5.74, 6) is -1.76. The lowest BCUT2D eigenvalue weighted by Gasteiger charge is -2.16. The first-order valence-corrected chi connectivity index (χ1v) is 11.9. The van der Waals surface area contributed by atoms with Crippen molar-refractivity contribution >= 4 is 21.8 Å². The fourth-order valence-electron chi connectivity index (χ4n) is 3.41. The minimum atomic E-state index is -4.04. The smallest absolute Gasteiger partial charge is 0.305 e. The van der Waals surface area contributed by atoms with Crippen molar-refractivity contribution in [3.05, 3.63) is 53.2 Å². The van der Waals surface area contributed by atoms with Gasteiger partial charge in [0.15, 0.2) is 5.76 Å². The highest BCUT2D eigenvalue weighted by Gasteiger charge is 2.30. The second-order valence-electron chi connectivity index (χ2n) is 7.39. The maximum absolute atomic E-state index is 14.2. The van der Waals surface area contributed by atoms with E-state index in [4.69, 9.17) is 4.42 Å². The minimum absolute atomic E-state index is 0.0175. The Morgan fingerprint density at radius 3 is 2.38 bits per heavy atom. The van der Waals surface area contributed by atoms with Gasteiger partial charge in [-0.2, -0.15) is 4.31 Å². The third-order valence-electron chi connectivity index (χ3n) is 5.33. The molecule has 11 heteroatoms. The molecule has 0 aliphatic carbocycles.